The fraction of sp³-hybridized carbons (Fsp3) is 0.348. The van der Waals surface area contributed by atoms with E-state index in [9.17, 15) is 18.8 Å². The lowest BCUT2D eigenvalue weighted by atomic mass is 10.1. The van der Waals surface area contributed by atoms with Crippen molar-refractivity contribution in [2.24, 2.45) is 0 Å². The van der Waals surface area contributed by atoms with E-state index in [0.717, 1.165) is 4.90 Å². The van der Waals surface area contributed by atoms with Gasteiger partial charge < -0.3 is 29.3 Å². The largest absolute Gasteiger partial charge is 0.461 e. The Labute approximate surface area is 189 Å². The number of furan rings is 1. The average molecular weight is 457 g/mol. The molecule has 1 fully saturated rings. The summed E-state index contributed by atoms with van der Waals surface area (Å²) >= 11 is 0. The van der Waals surface area contributed by atoms with Gasteiger partial charge in [0.15, 0.2) is 11.8 Å². The predicted octanol–water partition coefficient (Wildman–Crippen LogP) is 1.44. The van der Waals surface area contributed by atoms with E-state index in [0.29, 0.717) is 42.8 Å². The van der Waals surface area contributed by atoms with E-state index in [1.54, 1.807) is 30.9 Å². The molecule has 10 heteroatoms. The maximum Gasteiger partial charge on any atom is 0.356 e. The van der Waals surface area contributed by atoms with Crippen molar-refractivity contribution in [3.63, 3.8) is 0 Å². The van der Waals surface area contributed by atoms with Gasteiger partial charge in [-0.25, -0.2) is 9.18 Å². The van der Waals surface area contributed by atoms with Crippen molar-refractivity contribution in [3.8, 4) is 0 Å². The molecule has 0 aliphatic carbocycles. The number of ether oxygens (including phenoxy) is 1. The van der Waals surface area contributed by atoms with Gasteiger partial charge in [-0.15, -0.1) is 0 Å². The van der Waals surface area contributed by atoms with Gasteiger partial charge in [0.2, 0.25) is 0 Å². The Bertz CT molecular complexity index is 1170. The van der Waals surface area contributed by atoms with Crippen LogP contribution in [0.2, 0.25) is 0 Å². The first kappa shape index (κ1) is 22.5. The molecule has 1 aliphatic rings. The second kappa shape index (κ2) is 9.45. The van der Waals surface area contributed by atoms with E-state index in [1.165, 1.54) is 24.5 Å². The van der Waals surface area contributed by atoms with Crippen molar-refractivity contribution >= 4 is 34.4 Å². The molecule has 1 saturated heterocycles. The minimum absolute atomic E-state index is 0.0712. The number of carbonyl (C=O) groups excluding carboxylic acids is 3. The molecule has 3 heterocycles. The molecular formula is C23H26FN4O5+. The van der Waals surface area contributed by atoms with E-state index in [4.69, 9.17) is 9.15 Å². The van der Waals surface area contributed by atoms with Crippen LogP contribution in [0.1, 0.15) is 34.9 Å². The molecule has 1 aliphatic heterocycles. The highest BCUT2D eigenvalue weighted by molar-refractivity contribution is 6.11. The second-order valence-corrected chi connectivity index (χ2v) is 7.92. The molecule has 0 spiro atoms. The van der Waals surface area contributed by atoms with Crippen molar-refractivity contribution in [2.45, 2.75) is 19.9 Å². The Balaban J connectivity index is 1.47. The fourth-order valence-corrected chi connectivity index (χ4v) is 4.05. The molecule has 33 heavy (non-hydrogen) atoms. The summed E-state index contributed by atoms with van der Waals surface area (Å²) in [7, 11) is 0. The van der Waals surface area contributed by atoms with Crippen LogP contribution in [0.15, 0.2) is 41.0 Å². The maximum absolute atomic E-state index is 13.9. The first-order valence-electron chi connectivity index (χ1n) is 10.9. The van der Waals surface area contributed by atoms with E-state index < -0.39 is 17.8 Å². The Hall–Kier alpha value is -3.66. The van der Waals surface area contributed by atoms with Gasteiger partial charge in [0, 0.05) is 10.9 Å². The van der Waals surface area contributed by atoms with Crippen LogP contribution in [0.25, 0.3) is 10.9 Å². The van der Waals surface area contributed by atoms with Gasteiger partial charge in [-0.2, -0.15) is 0 Å². The molecule has 0 bridgehead atoms. The lowest BCUT2D eigenvalue weighted by Crippen LogP contribution is -3.19. The molecular weight excluding hydrogens is 431 g/mol. The number of hydrogen-bond donors (Lipinski definition) is 3. The zero-order valence-corrected chi connectivity index (χ0v) is 18.4. The second-order valence-electron chi connectivity index (χ2n) is 7.92. The molecule has 0 saturated carbocycles. The maximum atomic E-state index is 13.9. The summed E-state index contributed by atoms with van der Waals surface area (Å²) < 4.78 is 24.1. The van der Waals surface area contributed by atoms with Crippen molar-refractivity contribution in [3.05, 3.63) is 53.9 Å². The third-order valence-corrected chi connectivity index (χ3v) is 5.92. The van der Waals surface area contributed by atoms with E-state index in [-0.39, 0.29) is 29.8 Å². The number of quaternary nitrogens is 1. The molecule has 0 radical (unpaired) electrons. The lowest BCUT2D eigenvalue weighted by Gasteiger charge is -2.34. The molecule has 3 N–H and O–H groups in total. The van der Waals surface area contributed by atoms with E-state index in [2.05, 4.69) is 10.3 Å². The summed E-state index contributed by atoms with van der Waals surface area (Å²) in [5.41, 5.74) is 0.785. The van der Waals surface area contributed by atoms with Gasteiger partial charge in [-0.05, 0) is 44.2 Å². The number of piperazine rings is 1. The van der Waals surface area contributed by atoms with Crippen molar-refractivity contribution in [1.29, 1.82) is 0 Å². The Kier molecular flexibility index (Phi) is 6.45. The van der Waals surface area contributed by atoms with Crippen LogP contribution in [0.5, 0.6) is 0 Å². The highest BCUT2D eigenvalue weighted by atomic mass is 19.1. The van der Waals surface area contributed by atoms with Crippen LogP contribution in [-0.2, 0) is 9.53 Å². The standard InChI is InChI=1S/C23H25FN4O5/c1-3-32-23(31)20-19(16-13-15(24)6-7-17(16)25-20)26-21(29)14(2)27-8-10-28(11-9-27)22(30)18-5-4-12-33-18/h4-7,12-14,25H,3,8-11H2,1-2H3,(H,26,29)/p+1/t14-/m0/s1. The van der Waals surface area contributed by atoms with Gasteiger partial charge in [0.25, 0.3) is 11.8 Å². The number of aromatic amines is 1. The SMILES string of the molecule is CCOC(=O)c1[nH]c2ccc(F)cc2c1NC(=O)[C@H](C)[NH+]1CCN(C(=O)c2ccco2)CC1. The zero-order chi connectivity index (χ0) is 23.5. The number of fused-ring (bicyclic) bond motifs is 1. The number of hydrogen-bond acceptors (Lipinski definition) is 5. The predicted molar refractivity (Wildman–Crippen MR) is 118 cm³/mol. The quantitative estimate of drug-likeness (QED) is 0.486. The van der Waals surface area contributed by atoms with Gasteiger partial charge in [0.1, 0.15) is 11.5 Å². The van der Waals surface area contributed by atoms with Gasteiger partial charge in [-0.3, -0.25) is 9.59 Å². The number of esters is 1. The molecule has 4 rings (SSSR count). The monoisotopic (exact) mass is 457 g/mol. The summed E-state index contributed by atoms with van der Waals surface area (Å²) in [5.74, 6) is -1.30. The average Bonchev–Trinajstić information content (AvgIpc) is 3.47. The van der Waals surface area contributed by atoms with Gasteiger partial charge >= 0.3 is 5.97 Å². The molecule has 2 aromatic heterocycles. The van der Waals surface area contributed by atoms with Gasteiger partial charge in [-0.1, -0.05) is 0 Å². The van der Waals surface area contributed by atoms with Crippen LogP contribution >= 0.6 is 0 Å². The first-order chi connectivity index (χ1) is 15.9. The molecule has 2 amide bonds. The third-order valence-electron chi connectivity index (χ3n) is 5.92. The number of H-pyrrole nitrogens is 1. The Morgan fingerprint density at radius 3 is 2.70 bits per heavy atom. The van der Waals surface area contributed by atoms with E-state index >= 15 is 0 Å². The van der Waals surface area contributed by atoms with Crippen LogP contribution in [0.3, 0.4) is 0 Å². The van der Waals surface area contributed by atoms with Crippen LogP contribution in [0, 0.1) is 5.82 Å². The van der Waals surface area contributed by atoms with Crippen molar-refractivity contribution < 1.29 is 32.8 Å². The molecule has 1 atom stereocenters. The summed E-state index contributed by atoms with van der Waals surface area (Å²) in [6.45, 7) is 5.76. The third kappa shape index (κ3) is 4.61. The number of carbonyl (C=O) groups is 3. The number of anilines is 1. The molecule has 9 nitrogen and oxygen atoms in total. The van der Waals surface area contributed by atoms with Crippen LogP contribution in [0.4, 0.5) is 10.1 Å². The molecule has 174 valence electrons. The topological polar surface area (TPSA) is 109 Å². The molecule has 0 unspecified atom stereocenters. The smallest absolute Gasteiger partial charge is 0.356 e. The number of nitrogens with zero attached hydrogens (tertiary/aromatic N) is 1. The van der Waals surface area contributed by atoms with E-state index in [1.807, 2.05) is 0 Å². The van der Waals surface area contributed by atoms with Crippen molar-refractivity contribution in [1.82, 2.24) is 9.88 Å². The zero-order valence-electron chi connectivity index (χ0n) is 18.4. The van der Waals surface area contributed by atoms with Crippen LogP contribution in [-0.4, -0.2) is 66.5 Å². The number of halogens is 1. The highest BCUT2D eigenvalue weighted by Crippen LogP contribution is 2.29. The van der Waals surface area contributed by atoms with Crippen LogP contribution < -0.4 is 10.2 Å². The Morgan fingerprint density at radius 1 is 1.27 bits per heavy atom. The van der Waals surface area contributed by atoms with Crippen molar-refractivity contribution in [2.75, 3.05) is 38.1 Å². The Morgan fingerprint density at radius 2 is 2.03 bits per heavy atom. The number of amides is 2. The summed E-state index contributed by atoms with van der Waals surface area (Å²) in [6, 6.07) is 6.88. The first-order valence-corrected chi connectivity index (χ1v) is 10.9. The number of rotatable bonds is 6. The number of nitrogens with one attached hydrogen (secondary N) is 3. The van der Waals surface area contributed by atoms with Gasteiger partial charge in [0.05, 0.1) is 44.7 Å². The summed E-state index contributed by atoms with van der Waals surface area (Å²) in [4.78, 5) is 43.6. The highest BCUT2D eigenvalue weighted by Gasteiger charge is 2.33. The fourth-order valence-electron chi connectivity index (χ4n) is 4.05. The summed E-state index contributed by atoms with van der Waals surface area (Å²) in [5, 5.41) is 3.19. The summed E-state index contributed by atoms with van der Waals surface area (Å²) in [6.07, 6.45) is 1.46. The normalized spacial score (nSPS) is 15.4. The molecule has 3 aromatic rings. The number of aromatic nitrogens is 1. The lowest BCUT2D eigenvalue weighted by molar-refractivity contribution is -0.917. The number of benzene rings is 1. The molecule has 1 aromatic carbocycles. The minimum Gasteiger partial charge on any atom is -0.461 e. The minimum atomic E-state index is -0.630.